The predicted octanol–water partition coefficient (Wildman–Crippen LogP) is 0.949. The second-order valence-corrected chi connectivity index (χ2v) is 5.12. The molecule has 2 aliphatic rings. The molecule has 5 nitrogen and oxygen atoms in total. The number of nitrogens with one attached hydrogen (secondary N) is 1. The minimum Gasteiger partial charge on any atom is -0.328 e. The number of hydrogen-bond donors (Lipinski definition) is 1. The van der Waals surface area contributed by atoms with Crippen LogP contribution in [0.15, 0.2) is 11.8 Å². The van der Waals surface area contributed by atoms with Crippen LogP contribution in [0.5, 0.6) is 0 Å². The third kappa shape index (κ3) is 1.82. The van der Waals surface area contributed by atoms with E-state index in [2.05, 4.69) is 10.4 Å². The highest BCUT2D eigenvalue weighted by Crippen LogP contribution is 2.30. The first-order valence-corrected chi connectivity index (χ1v) is 6.34. The summed E-state index contributed by atoms with van der Waals surface area (Å²) in [6.07, 6.45) is 3.90. The number of thiocarbonyl (C=S) groups is 1. The maximum absolute atomic E-state index is 12.2. The van der Waals surface area contributed by atoms with Gasteiger partial charge >= 0.3 is 0 Å². The van der Waals surface area contributed by atoms with Gasteiger partial charge in [-0.25, -0.2) is 0 Å². The molecule has 1 saturated heterocycles. The lowest BCUT2D eigenvalue weighted by molar-refractivity contribution is -0.122. The second kappa shape index (κ2) is 3.91. The topological polar surface area (TPSA) is 50.2 Å². The van der Waals surface area contributed by atoms with E-state index in [1.807, 2.05) is 20.0 Å². The van der Waals surface area contributed by atoms with E-state index in [0.29, 0.717) is 16.9 Å². The molecule has 1 aliphatic heterocycles. The van der Waals surface area contributed by atoms with Crippen LogP contribution in [0, 0.1) is 6.92 Å². The molecule has 1 saturated carbocycles. The molecule has 2 heterocycles. The number of aromatic nitrogens is 2. The van der Waals surface area contributed by atoms with Crippen molar-refractivity contribution in [1.29, 1.82) is 0 Å². The number of carbonyl (C=O) groups is 1. The lowest BCUT2D eigenvalue weighted by Gasteiger charge is -2.11. The number of amides is 1. The summed E-state index contributed by atoms with van der Waals surface area (Å²) < 4.78 is 1.75. The van der Waals surface area contributed by atoms with Crippen LogP contribution in [0.2, 0.25) is 0 Å². The lowest BCUT2D eigenvalue weighted by Crippen LogP contribution is -2.32. The summed E-state index contributed by atoms with van der Waals surface area (Å²) in [4.78, 5) is 13.9. The largest absolute Gasteiger partial charge is 0.328 e. The summed E-state index contributed by atoms with van der Waals surface area (Å²) in [5.74, 6) is -0.0265. The van der Waals surface area contributed by atoms with Crippen LogP contribution in [0.3, 0.4) is 0 Å². The molecule has 0 unspecified atom stereocenters. The first-order chi connectivity index (χ1) is 8.56. The van der Waals surface area contributed by atoms with Gasteiger partial charge in [0.25, 0.3) is 5.91 Å². The molecule has 1 amide bonds. The Hall–Kier alpha value is -1.69. The molecule has 0 spiro atoms. The molecule has 1 aliphatic carbocycles. The standard InChI is InChI=1S/C12H14N4OS/c1-7-5-9(15(2)14-7)6-10-11(17)16(8-3-4-8)12(18)13-10/h5-6,8H,3-4H2,1-2H3,(H,13,18)/b10-6+. The maximum Gasteiger partial charge on any atom is 0.276 e. The number of carbonyl (C=O) groups excluding carboxylic acids is 1. The molecule has 6 heteroatoms. The Balaban J connectivity index is 1.91. The lowest BCUT2D eigenvalue weighted by atomic mass is 10.3. The Morgan fingerprint density at radius 1 is 1.56 bits per heavy atom. The number of nitrogens with zero attached hydrogens (tertiary/aromatic N) is 3. The van der Waals surface area contributed by atoms with Gasteiger partial charge in [-0.05, 0) is 44.1 Å². The van der Waals surface area contributed by atoms with Gasteiger partial charge in [0.1, 0.15) is 5.70 Å². The van der Waals surface area contributed by atoms with E-state index >= 15 is 0 Å². The van der Waals surface area contributed by atoms with E-state index in [4.69, 9.17) is 12.2 Å². The molecule has 18 heavy (non-hydrogen) atoms. The first-order valence-electron chi connectivity index (χ1n) is 5.93. The quantitative estimate of drug-likeness (QED) is 0.637. The van der Waals surface area contributed by atoms with Crippen molar-refractivity contribution >= 4 is 29.3 Å². The van der Waals surface area contributed by atoms with Crippen molar-refractivity contribution < 1.29 is 4.79 Å². The summed E-state index contributed by atoms with van der Waals surface area (Å²) in [5.41, 5.74) is 2.36. The van der Waals surface area contributed by atoms with E-state index in [0.717, 1.165) is 24.2 Å². The zero-order valence-corrected chi connectivity index (χ0v) is 11.1. The van der Waals surface area contributed by atoms with Crippen LogP contribution >= 0.6 is 12.2 Å². The highest BCUT2D eigenvalue weighted by Gasteiger charge is 2.41. The second-order valence-electron chi connectivity index (χ2n) is 4.73. The van der Waals surface area contributed by atoms with Gasteiger partial charge in [-0.2, -0.15) is 5.10 Å². The van der Waals surface area contributed by atoms with Gasteiger partial charge in [0.15, 0.2) is 5.11 Å². The first kappa shape index (κ1) is 11.4. The van der Waals surface area contributed by atoms with Gasteiger partial charge in [0.2, 0.25) is 0 Å². The van der Waals surface area contributed by atoms with E-state index in [9.17, 15) is 4.79 Å². The van der Waals surface area contributed by atoms with Crippen molar-refractivity contribution in [1.82, 2.24) is 20.0 Å². The normalized spacial score (nSPS) is 21.9. The smallest absolute Gasteiger partial charge is 0.276 e. The average molecular weight is 262 g/mol. The average Bonchev–Trinajstić information content (AvgIpc) is 3.00. The van der Waals surface area contributed by atoms with E-state index in [1.165, 1.54) is 0 Å². The van der Waals surface area contributed by atoms with Gasteiger partial charge < -0.3 is 5.32 Å². The van der Waals surface area contributed by atoms with Gasteiger partial charge in [0, 0.05) is 13.1 Å². The SMILES string of the molecule is Cc1cc(/C=C2/NC(=S)N(C3CC3)C2=O)n(C)n1. The fourth-order valence-electron chi connectivity index (χ4n) is 2.13. The molecular weight excluding hydrogens is 248 g/mol. The van der Waals surface area contributed by atoms with E-state index in [1.54, 1.807) is 15.7 Å². The molecule has 1 aromatic rings. The molecule has 1 N–H and O–H groups in total. The van der Waals surface area contributed by atoms with Crippen molar-refractivity contribution in [2.24, 2.45) is 7.05 Å². The van der Waals surface area contributed by atoms with E-state index in [-0.39, 0.29) is 5.91 Å². The number of rotatable bonds is 2. The summed E-state index contributed by atoms with van der Waals surface area (Å²) in [6, 6.07) is 2.24. The van der Waals surface area contributed by atoms with Gasteiger partial charge in [-0.1, -0.05) is 0 Å². The molecule has 0 radical (unpaired) electrons. The molecule has 1 aromatic heterocycles. The van der Waals surface area contributed by atoms with Crippen LogP contribution in [0.4, 0.5) is 0 Å². The summed E-state index contributed by atoms with van der Waals surface area (Å²) in [5, 5.41) is 7.76. The van der Waals surface area contributed by atoms with E-state index < -0.39 is 0 Å². The minimum atomic E-state index is -0.0265. The number of hydrogen-bond acceptors (Lipinski definition) is 3. The third-order valence-corrected chi connectivity index (χ3v) is 3.45. The van der Waals surface area contributed by atoms with Crippen LogP contribution in [-0.2, 0) is 11.8 Å². The summed E-state index contributed by atoms with van der Waals surface area (Å²) in [6.45, 7) is 1.92. The van der Waals surface area contributed by atoms with Crippen molar-refractivity contribution in [3.05, 3.63) is 23.2 Å². The minimum absolute atomic E-state index is 0.0265. The molecule has 0 atom stereocenters. The molecular formula is C12H14N4OS. The molecule has 94 valence electrons. The highest BCUT2D eigenvalue weighted by atomic mass is 32.1. The summed E-state index contributed by atoms with van der Waals surface area (Å²) >= 11 is 5.20. The molecule has 3 rings (SSSR count). The Bertz CT molecular complexity index is 571. The Kier molecular flexibility index (Phi) is 2.48. The van der Waals surface area contributed by atoms with Crippen LogP contribution in [-0.4, -0.2) is 31.7 Å². The van der Waals surface area contributed by atoms with Gasteiger partial charge in [-0.15, -0.1) is 0 Å². The maximum atomic E-state index is 12.2. The van der Waals surface area contributed by atoms with Crippen molar-refractivity contribution in [2.45, 2.75) is 25.8 Å². The molecule has 0 bridgehead atoms. The fourth-order valence-corrected chi connectivity index (χ4v) is 2.47. The highest BCUT2D eigenvalue weighted by molar-refractivity contribution is 7.80. The van der Waals surface area contributed by atoms with Crippen LogP contribution in [0.1, 0.15) is 24.2 Å². The predicted molar refractivity (Wildman–Crippen MR) is 71.5 cm³/mol. The fraction of sp³-hybridized carbons (Fsp3) is 0.417. The van der Waals surface area contributed by atoms with Crippen molar-refractivity contribution in [3.8, 4) is 0 Å². The Labute approximate surface area is 110 Å². The van der Waals surface area contributed by atoms with Gasteiger partial charge in [-0.3, -0.25) is 14.4 Å². The Morgan fingerprint density at radius 2 is 2.28 bits per heavy atom. The Morgan fingerprint density at radius 3 is 2.83 bits per heavy atom. The molecule has 2 fully saturated rings. The van der Waals surface area contributed by atoms with Crippen LogP contribution in [0.25, 0.3) is 6.08 Å². The monoisotopic (exact) mass is 262 g/mol. The van der Waals surface area contributed by atoms with Crippen molar-refractivity contribution in [2.75, 3.05) is 0 Å². The number of aryl methyl sites for hydroxylation is 2. The zero-order valence-electron chi connectivity index (χ0n) is 10.3. The summed E-state index contributed by atoms with van der Waals surface area (Å²) in [7, 11) is 1.86. The van der Waals surface area contributed by atoms with Gasteiger partial charge in [0.05, 0.1) is 11.4 Å². The molecule has 0 aromatic carbocycles. The van der Waals surface area contributed by atoms with Crippen LogP contribution < -0.4 is 5.32 Å². The van der Waals surface area contributed by atoms with Crippen molar-refractivity contribution in [3.63, 3.8) is 0 Å². The zero-order chi connectivity index (χ0) is 12.9. The third-order valence-electron chi connectivity index (χ3n) is 3.15.